The van der Waals surface area contributed by atoms with Crippen LogP contribution in [0.25, 0.3) is 0 Å². The van der Waals surface area contributed by atoms with E-state index in [-0.39, 0.29) is 6.42 Å². The van der Waals surface area contributed by atoms with Gasteiger partial charge in [0.25, 0.3) is 0 Å². The van der Waals surface area contributed by atoms with Gasteiger partial charge < -0.3 is 5.11 Å². The van der Waals surface area contributed by atoms with Gasteiger partial charge >= 0.3 is 17.1 Å². The zero-order valence-electron chi connectivity index (χ0n) is 8.29. The molecule has 1 N–H and O–H groups in total. The van der Waals surface area contributed by atoms with Crippen LogP contribution in [0.3, 0.4) is 0 Å². The number of hydrogen-bond acceptors (Lipinski definition) is 3. The van der Waals surface area contributed by atoms with Crippen molar-refractivity contribution in [3.63, 3.8) is 0 Å². The maximum atomic E-state index is 10.9. The third kappa shape index (κ3) is 1.79. The summed E-state index contributed by atoms with van der Waals surface area (Å²) >= 11 is 0. The highest BCUT2D eigenvalue weighted by molar-refractivity contribution is 5.72. The first kappa shape index (κ1) is 10.4. The Bertz CT molecular complexity index is 552. The van der Waals surface area contributed by atoms with E-state index in [2.05, 4.69) is 0 Å². The fourth-order valence-electron chi connectivity index (χ4n) is 1.56. The van der Waals surface area contributed by atoms with Gasteiger partial charge in [-0.2, -0.15) is 0 Å². The average Bonchev–Trinajstić information content (AvgIpc) is 2.85. The number of carboxylic acids is 1. The zero-order valence-corrected chi connectivity index (χ0v) is 8.29. The van der Waals surface area contributed by atoms with Gasteiger partial charge in [0, 0.05) is 6.42 Å². The summed E-state index contributed by atoms with van der Waals surface area (Å²) in [6.07, 6.45) is 0.146. The van der Waals surface area contributed by atoms with Crippen LogP contribution in [0, 0.1) is 0 Å². The van der Waals surface area contributed by atoms with Crippen molar-refractivity contribution >= 4 is 5.97 Å². The van der Waals surface area contributed by atoms with E-state index in [1.807, 2.05) is 6.07 Å². The number of aliphatic carboxylic acids is 1. The van der Waals surface area contributed by atoms with Crippen molar-refractivity contribution in [1.29, 1.82) is 0 Å². The third-order valence-electron chi connectivity index (χ3n) is 2.44. The molecule has 0 fully saturated rings. The molecule has 2 aromatic rings. The van der Waals surface area contributed by atoms with Crippen LogP contribution in [0.1, 0.15) is 11.6 Å². The predicted molar refractivity (Wildman–Crippen MR) is 56.2 cm³/mol. The highest BCUT2D eigenvalue weighted by Gasteiger charge is 2.30. The summed E-state index contributed by atoms with van der Waals surface area (Å²) in [7, 11) is 0. The number of carboxylic acid groups (broad SMARTS) is 1. The van der Waals surface area contributed by atoms with Gasteiger partial charge in [-0.25, -0.2) is 4.79 Å². The number of rotatable bonds is 4. The van der Waals surface area contributed by atoms with Gasteiger partial charge in [-0.15, -0.1) is 0 Å². The minimum Gasteiger partial charge on any atom is -0.480 e. The summed E-state index contributed by atoms with van der Waals surface area (Å²) in [5.74, 6) is -1.16. The Balaban J connectivity index is 2.24. The molecule has 0 aliphatic carbocycles. The van der Waals surface area contributed by atoms with E-state index in [0.29, 0.717) is 0 Å². The highest BCUT2D eigenvalue weighted by Crippen LogP contribution is 2.12. The monoisotopic (exact) mass is 219 g/mol. The lowest BCUT2D eigenvalue weighted by Gasteiger charge is -2.07. The Morgan fingerprint density at radius 1 is 1.19 bits per heavy atom. The van der Waals surface area contributed by atoms with E-state index in [4.69, 9.17) is 5.11 Å². The normalized spacial score (nSPS) is 12.8. The molecule has 0 bridgehead atoms. The van der Waals surface area contributed by atoms with Crippen LogP contribution in [0.5, 0.6) is 0 Å². The molecule has 16 heavy (non-hydrogen) atoms. The van der Waals surface area contributed by atoms with Crippen molar-refractivity contribution in [2.45, 2.75) is 12.5 Å². The molecule has 0 spiro atoms. The van der Waals surface area contributed by atoms with E-state index >= 15 is 0 Å². The Kier molecular flexibility index (Phi) is 2.44. The quantitative estimate of drug-likeness (QED) is 0.731. The highest BCUT2D eigenvalue weighted by atomic mass is 16.4. The number of nitrogens with zero attached hydrogens (tertiary/aromatic N) is 1. The van der Waals surface area contributed by atoms with Gasteiger partial charge in [0.1, 0.15) is 6.04 Å². The lowest BCUT2D eigenvalue weighted by Crippen LogP contribution is -2.21. The number of hydrogen-bond donors (Lipinski definition) is 1. The topological polar surface area (TPSA) is 76.4 Å². The first-order valence-corrected chi connectivity index (χ1v) is 4.75. The first-order valence-electron chi connectivity index (χ1n) is 4.75. The van der Waals surface area contributed by atoms with Crippen molar-refractivity contribution in [1.82, 2.24) is 4.57 Å². The van der Waals surface area contributed by atoms with Crippen molar-refractivity contribution in [2.75, 3.05) is 0 Å². The minimum atomic E-state index is -1.16. The van der Waals surface area contributed by atoms with Crippen molar-refractivity contribution in [2.24, 2.45) is 0 Å². The molecule has 0 saturated heterocycles. The van der Waals surface area contributed by atoms with Crippen LogP contribution < -0.4 is 11.1 Å². The second-order valence-electron chi connectivity index (χ2n) is 3.52. The van der Waals surface area contributed by atoms with Gasteiger partial charge in [0.15, 0.2) is 0 Å². The van der Waals surface area contributed by atoms with Crippen molar-refractivity contribution < 1.29 is 9.90 Å². The average molecular weight is 219 g/mol. The van der Waals surface area contributed by atoms with E-state index in [1.54, 1.807) is 24.3 Å². The standard InChI is InChI=1S/C11H9NO4/c13-9-10(14)12(9)8(11(15)16)6-7-4-2-1-3-5-7/h1-5,8H,6H2,(H,15,16)/t8-/m1/s1. The van der Waals surface area contributed by atoms with Gasteiger partial charge in [-0.3, -0.25) is 14.2 Å². The third-order valence-corrected chi connectivity index (χ3v) is 2.44. The first-order chi connectivity index (χ1) is 7.61. The fraction of sp³-hybridized carbons (Fsp3) is 0.182. The van der Waals surface area contributed by atoms with Crippen LogP contribution in [-0.2, 0) is 11.2 Å². The molecule has 1 atom stereocenters. The summed E-state index contributed by atoms with van der Waals surface area (Å²) in [6.45, 7) is 0. The molecule has 5 nitrogen and oxygen atoms in total. The SMILES string of the molecule is O=C(O)[C@@H](Cc1ccccc1)n1c(=O)c1=O. The minimum absolute atomic E-state index is 0.146. The number of carbonyl (C=O) groups is 1. The molecule has 5 heteroatoms. The zero-order chi connectivity index (χ0) is 11.7. The molecule has 1 aromatic heterocycles. The lowest BCUT2D eigenvalue weighted by atomic mass is 10.1. The van der Waals surface area contributed by atoms with Crippen LogP contribution in [0.2, 0.25) is 0 Å². The molecule has 82 valence electrons. The molecule has 0 radical (unpaired) electrons. The van der Waals surface area contributed by atoms with Gasteiger partial charge in [-0.1, -0.05) is 30.3 Å². The second-order valence-corrected chi connectivity index (χ2v) is 3.52. The Labute approximate surface area is 90.3 Å². The summed E-state index contributed by atoms with van der Waals surface area (Å²) in [5, 5.41) is 8.93. The Morgan fingerprint density at radius 2 is 1.75 bits per heavy atom. The molecular weight excluding hydrogens is 210 g/mol. The second kappa shape index (κ2) is 3.77. The van der Waals surface area contributed by atoms with Crippen LogP contribution in [0.15, 0.2) is 39.9 Å². The molecule has 0 saturated carbocycles. The smallest absolute Gasteiger partial charge is 0.327 e. The molecule has 0 amide bonds. The Hall–Kier alpha value is -2.17. The molecule has 0 aliphatic heterocycles. The largest absolute Gasteiger partial charge is 0.480 e. The van der Waals surface area contributed by atoms with E-state index in [1.165, 1.54) is 0 Å². The summed E-state index contributed by atoms with van der Waals surface area (Å²) in [6, 6.07) is 7.80. The Morgan fingerprint density at radius 3 is 2.19 bits per heavy atom. The molecule has 1 heterocycles. The lowest BCUT2D eigenvalue weighted by molar-refractivity contribution is -0.140. The summed E-state index contributed by atoms with van der Waals surface area (Å²) < 4.78 is 0.773. The van der Waals surface area contributed by atoms with E-state index < -0.39 is 23.1 Å². The molecule has 0 unspecified atom stereocenters. The van der Waals surface area contributed by atoms with Crippen molar-refractivity contribution in [3.8, 4) is 0 Å². The van der Waals surface area contributed by atoms with E-state index in [9.17, 15) is 14.4 Å². The summed E-state index contributed by atoms with van der Waals surface area (Å²) in [5.41, 5.74) is -0.658. The maximum Gasteiger partial charge on any atom is 0.327 e. The molecular formula is C11H9NO4. The maximum absolute atomic E-state index is 10.9. The number of benzene rings is 1. The van der Waals surface area contributed by atoms with Crippen molar-refractivity contribution in [3.05, 3.63) is 56.6 Å². The number of aromatic nitrogens is 1. The van der Waals surface area contributed by atoms with Gasteiger partial charge in [0.05, 0.1) is 0 Å². The van der Waals surface area contributed by atoms with Gasteiger partial charge in [-0.05, 0) is 5.56 Å². The predicted octanol–water partition coefficient (Wildman–Crippen LogP) is -0.0475. The van der Waals surface area contributed by atoms with Crippen LogP contribution in [0.4, 0.5) is 0 Å². The fourth-order valence-corrected chi connectivity index (χ4v) is 1.56. The van der Waals surface area contributed by atoms with Crippen LogP contribution in [-0.4, -0.2) is 15.6 Å². The molecule has 0 aliphatic rings. The molecule has 1 aromatic carbocycles. The van der Waals surface area contributed by atoms with E-state index in [0.717, 1.165) is 10.1 Å². The summed E-state index contributed by atoms with van der Waals surface area (Å²) in [4.78, 5) is 32.7. The van der Waals surface area contributed by atoms with Crippen LogP contribution >= 0.6 is 0 Å². The van der Waals surface area contributed by atoms with Gasteiger partial charge in [0.2, 0.25) is 0 Å². The molecule has 2 rings (SSSR count).